The maximum Gasteiger partial charge on any atom is 0.191 e. The fraction of sp³-hybridized carbons (Fsp3) is 0.304. The molecule has 3 rings (SSSR count). The van der Waals surface area contributed by atoms with E-state index in [2.05, 4.69) is 64.4 Å². The van der Waals surface area contributed by atoms with Crippen LogP contribution in [-0.2, 0) is 13.1 Å². The lowest BCUT2D eigenvalue weighted by Gasteiger charge is -2.13. The zero-order valence-corrected chi connectivity index (χ0v) is 17.0. The molecular formula is C23H30N6. The van der Waals surface area contributed by atoms with Crippen molar-refractivity contribution in [1.29, 1.82) is 0 Å². The summed E-state index contributed by atoms with van der Waals surface area (Å²) >= 11 is 0. The molecule has 0 unspecified atom stereocenters. The smallest absolute Gasteiger partial charge is 0.191 e. The van der Waals surface area contributed by atoms with Gasteiger partial charge in [-0.05, 0) is 42.7 Å². The van der Waals surface area contributed by atoms with E-state index in [1.54, 1.807) is 6.20 Å². The highest BCUT2D eigenvalue weighted by atomic mass is 15.3. The highest BCUT2D eigenvalue weighted by molar-refractivity contribution is 5.79. The van der Waals surface area contributed by atoms with E-state index in [4.69, 9.17) is 4.99 Å². The van der Waals surface area contributed by atoms with Crippen molar-refractivity contribution < 1.29 is 0 Å². The maximum atomic E-state index is 4.77. The molecule has 6 heteroatoms. The van der Waals surface area contributed by atoms with Crippen LogP contribution in [0, 0.1) is 0 Å². The van der Waals surface area contributed by atoms with Crippen molar-refractivity contribution in [1.82, 2.24) is 20.4 Å². The lowest BCUT2D eigenvalue weighted by Crippen LogP contribution is -2.38. The topological polar surface area (TPSA) is 66.3 Å². The molecule has 0 radical (unpaired) electrons. The van der Waals surface area contributed by atoms with Crippen LogP contribution in [0.15, 0.2) is 78.0 Å². The van der Waals surface area contributed by atoms with Crippen LogP contribution in [0.2, 0.25) is 0 Å². The van der Waals surface area contributed by atoms with Crippen LogP contribution in [0.5, 0.6) is 0 Å². The molecule has 2 aromatic carbocycles. The van der Waals surface area contributed by atoms with Gasteiger partial charge in [0.05, 0.1) is 13.1 Å². The Morgan fingerprint density at radius 2 is 1.72 bits per heavy atom. The van der Waals surface area contributed by atoms with Crippen molar-refractivity contribution in [3.63, 3.8) is 0 Å². The van der Waals surface area contributed by atoms with Crippen molar-refractivity contribution in [3.05, 3.63) is 84.2 Å². The van der Waals surface area contributed by atoms with Crippen molar-refractivity contribution in [3.8, 4) is 0 Å². The Bertz CT molecular complexity index is 858. The standard InChI is InChI=1S/C23H30N6/c1-2-24-23(26-15-8-14-25-22-12-4-3-5-13-22)27-18-20-10-6-7-11-21(20)19-29-17-9-16-28-29/h3-7,9-13,16-17,25H,2,8,14-15,18-19H2,1H3,(H2,24,26,27). The Labute approximate surface area is 173 Å². The van der Waals surface area contributed by atoms with Gasteiger partial charge in [-0.2, -0.15) is 5.10 Å². The minimum Gasteiger partial charge on any atom is -0.385 e. The van der Waals surface area contributed by atoms with E-state index in [9.17, 15) is 0 Å². The molecule has 0 saturated carbocycles. The first-order chi connectivity index (χ1) is 14.3. The van der Waals surface area contributed by atoms with Crippen molar-refractivity contribution in [2.45, 2.75) is 26.4 Å². The summed E-state index contributed by atoms with van der Waals surface area (Å²) in [6.45, 7) is 6.09. The summed E-state index contributed by atoms with van der Waals surface area (Å²) in [6, 6.07) is 20.6. The Morgan fingerprint density at radius 3 is 2.48 bits per heavy atom. The molecule has 3 N–H and O–H groups in total. The Morgan fingerprint density at radius 1 is 0.931 bits per heavy atom. The zero-order chi connectivity index (χ0) is 20.2. The molecular weight excluding hydrogens is 360 g/mol. The molecule has 0 saturated heterocycles. The highest BCUT2D eigenvalue weighted by Gasteiger charge is 2.04. The second-order valence-electron chi connectivity index (χ2n) is 6.74. The van der Waals surface area contributed by atoms with E-state index in [1.807, 2.05) is 35.1 Å². The van der Waals surface area contributed by atoms with Gasteiger partial charge in [-0.1, -0.05) is 42.5 Å². The number of hydrogen-bond acceptors (Lipinski definition) is 3. The first-order valence-corrected chi connectivity index (χ1v) is 10.2. The van der Waals surface area contributed by atoms with Crippen LogP contribution in [0.3, 0.4) is 0 Å². The maximum absolute atomic E-state index is 4.77. The molecule has 0 fully saturated rings. The van der Waals surface area contributed by atoms with E-state index < -0.39 is 0 Å². The lowest BCUT2D eigenvalue weighted by molar-refractivity contribution is 0.680. The Balaban J connectivity index is 1.50. The van der Waals surface area contributed by atoms with Gasteiger partial charge < -0.3 is 16.0 Å². The number of anilines is 1. The number of hydrogen-bond donors (Lipinski definition) is 3. The fourth-order valence-corrected chi connectivity index (χ4v) is 3.02. The molecule has 6 nitrogen and oxygen atoms in total. The molecule has 1 heterocycles. The number of aromatic nitrogens is 2. The van der Waals surface area contributed by atoms with Crippen LogP contribution >= 0.6 is 0 Å². The number of rotatable bonds is 10. The van der Waals surface area contributed by atoms with Gasteiger partial charge in [-0.15, -0.1) is 0 Å². The molecule has 29 heavy (non-hydrogen) atoms. The predicted molar refractivity (Wildman–Crippen MR) is 120 cm³/mol. The second-order valence-corrected chi connectivity index (χ2v) is 6.74. The van der Waals surface area contributed by atoms with Gasteiger partial charge in [0.1, 0.15) is 0 Å². The summed E-state index contributed by atoms with van der Waals surface area (Å²) in [5.74, 6) is 0.848. The molecule has 152 valence electrons. The first-order valence-electron chi connectivity index (χ1n) is 10.2. The van der Waals surface area contributed by atoms with Crippen LogP contribution in [0.4, 0.5) is 5.69 Å². The highest BCUT2D eigenvalue weighted by Crippen LogP contribution is 2.11. The summed E-state index contributed by atoms with van der Waals surface area (Å²) in [5, 5.41) is 14.5. The van der Waals surface area contributed by atoms with Crippen molar-refractivity contribution >= 4 is 11.6 Å². The number of benzene rings is 2. The summed E-state index contributed by atoms with van der Waals surface area (Å²) in [6.07, 6.45) is 4.80. The molecule has 0 aliphatic heterocycles. The molecule has 0 spiro atoms. The monoisotopic (exact) mass is 390 g/mol. The minimum absolute atomic E-state index is 0.634. The number of aliphatic imine (C=N–C) groups is 1. The number of nitrogens with zero attached hydrogens (tertiary/aromatic N) is 3. The van der Waals surface area contributed by atoms with Gasteiger partial charge in [0, 0.05) is 37.7 Å². The zero-order valence-electron chi connectivity index (χ0n) is 17.0. The number of nitrogens with one attached hydrogen (secondary N) is 3. The lowest BCUT2D eigenvalue weighted by atomic mass is 10.1. The van der Waals surface area contributed by atoms with Crippen molar-refractivity contribution in [2.75, 3.05) is 25.0 Å². The van der Waals surface area contributed by atoms with Gasteiger partial charge >= 0.3 is 0 Å². The van der Waals surface area contributed by atoms with Gasteiger partial charge in [-0.3, -0.25) is 4.68 Å². The third kappa shape index (κ3) is 6.99. The predicted octanol–water partition coefficient (Wildman–Crippen LogP) is 3.49. The van der Waals surface area contributed by atoms with Crippen LogP contribution in [-0.4, -0.2) is 35.4 Å². The molecule has 0 aliphatic carbocycles. The number of para-hydroxylation sites is 1. The molecule has 0 amide bonds. The van der Waals surface area contributed by atoms with E-state index >= 15 is 0 Å². The van der Waals surface area contributed by atoms with Gasteiger partial charge in [0.25, 0.3) is 0 Å². The molecule has 0 bridgehead atoms. The van der Waals surface area contributed by atoms with Crippen LogP contribution < -0.4 is 16.0 Å². The van der Waals surface area contributed by atoms with E-state index in [-0.39, 0.29) is 0 Å². The third-order valence-electron chi connectivity index (χ3n) is 4.51. The van der Waals surface area contributed by atoms with E-state index in [0.29, 0.717) is 6.54 Å². The van der Waals surface area contributed by atoms with Gasteiger partial charge in [0.2, 0.25) is 0 Å². The van der Waals surface area contributed by atoms with Crippen LogP contribution in [0.25, 0.3) is 0 Å². The number of guanidine groups is 1. The normalized spacial score (nSPS) is 11.3. The average molecular weight is 391 g/mol. The van der Waals surface area contributed by atoms with E-state index in [0.717, 1.165) is 44.2 Å². The summed E-state index contributed by atoms with van der Waals surface area (Å²) < 4.78 is 1.94. The Kier molecular flexibility index (Phi) is 8.14. The largest absolute Gasteiger partial charge is 0.385 e. The molecule has 1 aromatic heterocycles. The molecule has 0 aliphatic rings. The van der Waals surface area contributed by atoms with Gasteiger partial charge in [-0.25, -0.2) is 4.99 Å². The molecule has 0 atom stereocenters. The van der Waals surface area contributed by atoms with Crippen molar-refractivity contribution in [2.24, 2.45) is 4.99 Å². The fourth-order valence-electron chi connectivity index (χ4n) is 3.02. The third-order valence-corrected chi connectivity index (χ3v) is 4.51. The summed E-state index contributed by atoms with van der Waals surface area (Å²) in [4.78, 5) is 4.77. The Hall–Kier alpha value is -3.28. The molecule has 3 aromatic rings. The first kappa shape index (κ1) is 20.5. The van der Waals surface area contributed by atoms with Crippen LogP contribution in [0.1, 0.15) is 24.5 Å². The quantitative estimate of drug-likeness (QED) is 0.282. The minimum atomic E-state index is 0.634. The summed E-state index contributed by atoms with van der Waals surface area (Å²) in [7, 11) is 0. The van der Waals surface area contributed by atoms with Gasteiger partial charge in [0.15, 0.2) is 5.96 Å². The SMILES string of the molecule is CCNC(=NCc1ccccc1Cn1cccn1)NCCCNc1ccccc1. The average Bonchev–Trinajstić information content (AvgIpc) is 3.26. The second kappa shape index (κ2) is 11.5. The van der Waals surface area contributed by atoms with E-state index in [1.165, 1.54) is 11.1 Å². The summed E-state index contributed by atoms with van der Waals surface area (Å²) in [5.41, 5.74) is 3.61.